The van der Waals surface area contributed by atoms with Crippen LogP contribution in [0.15, 0.2) is 17.5 Å². The van der Waals surface area contributed by atoms with Crippen molar-refractivity contribution in [3.05, 3.63) is 22.4 Å². The third-order valence-corrected chi connectivity index (χ3v) is 5.29. The maximum absolute atomic E-state index is 6.03. The molecule has 0 aromatic carbocycles. The molecule has 1 aromatic rings. The van der Waals surface area contributed by atoms with Crippen molar-refractivity contribution in [1.29, 1.82) is 0 Å². The molecule has 1 aliphatic heterocycles. The van der Waals surface area contributed by atoms with Crippen molar-refractivity contribution in [3.63, 3.8) is 0 Å². The fourth-order valence-corrected chi connectivity index (χ4v) is 3.63. The number of nitrogens with one attached hydrogen (secondary N) is 1. The van der Waals surface area contributed by atoms with Crippen molar-refractivity contribution >= 4 is 11.3 Å². The van der Waals surface area contributed by atoms with Crippen LogP contribution in [0.2, 0.25) is 0 Å². The third kappa shape index (κ3) is 3.14. The maximum atomic E-state index is 6.03. The lowest BCUT2D eigenvalue weighted by Gasteiger charge is -2.41. The van der Waals surface area contributed by atoms with Crippen molar-refractivity contribution in [2.75, 3.05) is 6.61 Å². The molecule has 1 fully saturated rings. The van der Waals surface area contributed by atoms with Crippen LogP contribution in [0.25, 0.3) is 0 Å². The van der Waals surface area contributed by atoms with Gasteiger partial charge in [0.05, 0.1) is 5.60 Å². The number of ether oxygens (including phenoxy) is 1. The van der Waals surface area contributed by atoms with Crippen molar-refractivity contribution < 1.29 is 4.74 Å². The SMILES string of the molecule is CCC1(CC)CC(NC(C)c2cccs2)CCO1. The molecule has 2 rings (SSSR count). The highest BCUT2D eigenvalue weighted by molar-refractivity contribution is 7.10. The van der Waals surface area contributed by atoms with E-state index in [0.29, 0.717) is 12.1 Å². The van der Waals surface area contributed by atoms with Crippen LogP contribution in [-0.4, -0.2) is 18.2 Å². The molecule has 1 saturated heterocycles. The van der Waals surface area contributed by atoms with Gasteiger partial charge < -0.3 is 10.1 Å². The first kappa shape index (κ1) is 14.0. The van der Waals surface area contributed by atoms with Gasteiger partial charge in [-0.1, -0.05) is 19.9 Å². The van der Waals surface area contributed by atoms with Crippen molar-refractivity contribution in [1.82, 2.24) is 5.32 Å². The van der Waals surface area contributed by atoms with Gasteiger partial charge in [0, 0.05) is 23.6 Å². The van der Waals surface area contributed by atoms with E-state index in [4.69, 9.17) is 4.74 Å². The minimum atomic E-state index is 0.116. The molecule has 2 unspecified atom stereocenters. The van der Waals surface area contributed by atoms with Crippen molar-refractivity contribution in [2.24, 2.45) is 0 Å². The van der Waals surface area contributed by atoms with Crippen LogP contribution in [0, 0.1) is 0 Å². The Labute approximate surface area is 115 Å². The van der Waals surface area contributed by atoms with Crippen LogP contribution >= 0.6 is 11.3 Å². The Balaban J connectivity index is 1.93. The summed E-state index contributed by atoms with van der Waals surface area (Å²) in [6.45, 7) is 7.65. The zero-order chi connectivity index (χ0) is 13.0. The molecular weight excluding hydrogens is 242 g/mol. The topological polar surface area (TPSA) is 21.3 Å². The van der Waals surface area contributed by atoms with E-state index in [2.05, 4.69) is 43.6 Å². The summed E-state index contributed by atoms with van der Waals surface area (Å²) in [6.07, 6.45) is 4.53. The average molecular weight is 267 g/mol. The second kappa shape index (κ2) is 6.18. The van der Waals surface area contributed by atoms with E-state index in [0.717, 1.165) is 32.3 Å². The Morgan fingerprint density at radius 1 is 1.50 bits per heavy atom. The molecule has 1 aromatic heterocycles. The van der Waals surface area contributed by atoms with Crippen LogP contribution in [0.3, 0.4) is 0 Å². The quantitative estimate of drug-likeness (QED) is 0.866. The fourth-order valence-electron chi connectivity index (χ4n) is 2.89. The summed E-state index contributed by atoms with van der Waals surface area (Å²) >= 11 is 1.84. The van der Waals surface area contributed by atoms with E-state index in [9.17, 15) is 0 Å². The first-order chi connectivity index (χ1) is 8.69. The predicted octanol–water partition coefficient (Wildman–Crippen LogP) is 4.14. The summed E-state index contributed by atoms with van der Waals surface area (Å²) < 4.78 is 6.03. The van der Waals surface area contributed by atoms with Gasteiger partial charge in [-0.2, -0.15) is 0 Å². The molecular formula is C15H25NOS. The molecule has 0 spiro atoms. The standard InChI is InChI=1S/C15H25NOS/c1-4-15(5-2)11-13(8-9-17-15)16-12(3)14-7-6-10-18-14/h6-7,10,12-13,16H,4-5,8-9,11H2,1-3H3. The Morgan fingerprint density at radius 3 is 2.89 bits per heavy atom. The highest BCUT2D eigenvalue weighted by Crippen LogP contribution is 2.32. The van der Waals surface area contributed by atoms with Crippen LogP contribution in [0.5, 0.6) is 0 Å². The van der Waals surface area contributed by atoms with E-state index in [1.54, 1.807) is 0 Å². The zero-order valence-electron chi connectivity index (χ0n) is 11.7. The Morgan fingerprint density at radius 2 is 2.28 bits per heavy atom. The molecule has 0 saturated carbocycles. The van der Waals surface area contributed by atoms with Crippen LogP contribution in [0.1, 0.15) is 57.4 Å². The van der Waals surface area contributed by atoms with Gasteiger partial charge in [-0.3, -0.25) is 0 Å². The van der Waals surface area contributed by atoms with Crippen LogP contribution < -0.4 is 5.32 Å². The van der Waals surface area contributed by atoms with E-state index >= 15 is 0 Å². The molecule has 1 N–H and O–H groups in total. The largest absolute Gasteiger partial charge is 0.375 e. The Kier molecular flexibility index (Phi) is 4.82. The monoisotopic (exact) mass is 267 g/mol. The summed E-state index contributed by atoms with van der Waals surface area (Å²) in [6, 6.07) is 5.40. The summed E-state index contributed by atoms with van der Waals surface area (Å²) in [5.74, 6) is 0. The van der Waals surface area contributed by atoms with Crippen LogP contribution in [-0.2, 0) is 4.74 Å². The second-order valence-corrected chi connectivity index (χ2v) is 6.31. The number of thiophene rings is 1. The Bertz CT molecular complexity index is 345. The van der Waals surface area contributed by atoms with Crippen molar-refractivity contribution in [3.8, 4) is 0 Å². The molecule has 18 heavy (non-hydrogen) atoms. The summed E-state index contributed by atoms with van der Waals surface area (Å²) in [5, 5.41) is 5.93. The van der Waals surface area contributed by atoms with E-state index in [1.165, 1.54) is 4.88 Å². The lowest BCUT2D eigenvalue weighted by Crippen LogP contribution is -2.46. The molecule has 2 nitrogen and oxygen atoms in total. The molecule has 0 radical (unpaired) electrons. The third-order valence-electron chi connectivity index (χ3n) is 4.24. The van der Waals surface area contributed by atoms with E-state index in [1.807, 2.05) is 11.3 Å². The number of rotatable bonds is 5. The van der Waals surface area contributed by atoms with Gasteiger partial charge in [0.1, 0.15) is 0 Å². The van der Waals surface area contributed by atoms with Crippen molar-refractivity contribution in [2.45, 2.75) is 64.1 Å². The highest BCUT2D eigenvalue weighted by Gasteiger charge is 2.34. The predicted molar refractivity (Wildman–Crippen MR) is 78.2 cm³/mol. The average Bonchev–Trinajstić information content (AvgIpc) is 2.93. The van der Waals surface area contributed by atoms with Gasteiger partial charge in [-0.15, -0.1) is 11.3 Å². The van der Waals surface area contributed by atoms with Gasteiger partial charge in [-0.05, 0) is 44.1 Å². The normalized spacial score (nSPS) is 24.9. The first-order valence-corrected chi connectivity index (χ1v) is 8.00. The van der Waals surface area contributed by atoms with Gasteiger partial charge in [-0.25, -0.2) is 0 Å². The molecule has 1 aliphatic rings. The molecule has 102 valence electrons. The van der Waals surface area contributed by atoms with E-state index < -0.39 is 0 Å². The van der Waals surface area contributed by atoms with Gasteiger partial charge >= 0.3 is 0 Å². The minimum absolute atomic E-state index is 0.116. The zero-order valence-corrected chi connectivity index (χ0v) is 12.6. The molecule has 0 aliphatic carbocycles. The molecule has 0 bridgehead atoms. The Hall–Kier alpha value is -0.380. The fraction of sp³-hybridized carbons (Fsp3) is 0.733. The van der Waals surface area contributed by atoms with Gasteiger partial charge in [0.2, 0.25) is 0 Å². The molecule has 0 amide bonds. The molecule has 2 heterocycles. The lowest BCUT2D eigenvalue weighted by molar-refractivity contribution is -0.0939. The smallest absolute Gasteiger partial charge is 0.0692 e. The highest BCUT2D eigenvalue weighted by atomic mass is 32.1. The van der Waals surface area contributed by atoms with Crippen LogP contribution in [0.4, 0.5) is 0 Å². The van der Waals surface area contributed by atoms with E-state index in [-0.39, 0.29) is 5.60 Å². The lowest BCUT2D eigenvalue weighted by atomic mass is 9.85. The molecule has 3 heteroatoms. The second-order valence-electron chi connectivity index (χ2n) is 5.33. The number of hydrogen-bond donors (Lipinski definition) is 1. The minimum Gasteiger partial charge on any atom is -0.375 e. The maximum Gasteiger partial charge on any atom is 0.0692 e. The first-order valence-electron chi connectivity index (χ1n) is 7.12. The van der Waals surface area contributed by atoms with Gasteiger partial charge in [0.15, 0.2) is 0 Å². The molecule has 2 atom stereocenters. The summed E-state index contributed by atoms with van der Waals surface area (Å²) in [7, 11) is 0. The number of hydrogen-bond acceptors (Lipinski definition) is 3. The summed E-state index contributed by atoms with van der Waals surface area (Å²) in [5.41, 5.74) is 0.116. The van der Waals surface area contributed by atoms with Gasteiger partial charge in [0.25, 0.3) is 0 Å². The summed E-state index contributed by atoms with van der Waals surface area (Å²) in [4.78, 5) is 1.43.